The predicted octanol–water partition coefficient (Wildman–Crippen LogP) is 0.354. The molecule has 3 rings (SSSR count). The van der Waals surface area contributed by atoms with Crippen LogP contribution < -0.4 is 0 Å². The zero-order chi connectivity index (χ0) is 20.5. The van der Waals surface area contributed by atoms with Crippen LogP contribution in [0.2, 0.25) is 0 Å². The average molecular weight is 390 g/mol. The number of nitrogens with zero attached hydrogens (tertiary/aromatic N) is 4. The summed E-state index contributed by atoms with van der Waals surface area (Å²) in [4.78, 5) is 54.3. The van der Waals surface area contributed by atoms with Gasteiger partial charge in [-0.1, -0.05) is 6.07 Å². The first kappa shape index (κ1) is 21.3. The van der Waals surface area contributed by atoms with Crippen molar-refractivity contribution in [3.63, 3.8) is 0 Å². The fourth-order valence-corrected chi connectivity index (χ4v) is 3.42. The molecule has 9 heteroatoms. The molecule has 28 heavy (non-hydrogen) atoms. The minimum absolute atomic E-state index is 0.0386. The largest absolute Gasteiger partial charge is 0.483 e. The van der Waals surface area contributed by atoms with Gasteiger partial charge in [-0.15, -0.1) is 0 Å². The smallest absolute Gasteiger partial charge is 0.290 e. The Balaban J connectivity index is 0.000000878. The Labute approximate surface area is 163 Å². The number of pyridine rings is 1. The quantitative estimate of drug-likeness (QED) is 0.702. The van der Waals surface area contributed by atoms with E-state index < -0.39 is 6.04 Å². The van der Waals surface area contributed by atoms with Crippen molar-refractivity contribution in [3.05, 3.63) is 30.1 Å². The third kappa shape index (κ3) is 5.51. The van der Waals surface area contributed by atoms with Crippen LogP contribution in [0.3, 0.4) is 0 Å². The molecule has 2 aliphatic heterocycles. The van der Waals surface area contributed by atoms with Crippen molar-refractivity contribution in [2.45, 2.75) is 38.8 Å². The third-order valence-electron chi connectivity index (χ3n) is 4.87. The van der Waals surface area contributed by atoms with Crippen molar-refractivity contribution in [3.8, 4) is 0 Å². The van der Waals surface area contributed by atoms with E-state index in [1.165, 1.54) is 0 Å². The van der Waals surface area contributed by atoms with E-state index in [0.717, 1.165) is 18.7 Å². The van der Waals surface area contributed by atoms with Gasteiger partial charge in [0.2, 0.25) is 17.7 Å². The summed E-state index contributed by atoms with van der Waals surface area (Å²) in [6, 6.07) is 5.05. The van der Waals surface area contributed by atoms with E-state index in [0.29, 0.717) is 32.5 Å². The highest BCUT2D eigenvalue weighted by Crippen LogP contribution is 2.16. The van der Waals surface area contributed by atoms with E-state index in [1.54, 1.807) is 22.9 Å². The van der Waals surface area contributed by atoms with E-state index in [9.17, 15) is 14.4 Å². The van der Waals surface area contributed by atoms with Crippen molar-refractivity contribution in [2.75, 3.05) is 26.2 Å². The van der Waals surface area contributed by atoms with Crippen LogP contribution in [0, 0.1) is 0 Å². The van der Waals surface area contributed by atoms with E-state index in [1.807, 2.05) is 23.1 Å². The molecule has 0 saturated carbocycles. The fourth-order valence-electron chi connectivity index (χ4n) is 3.42. The molecule has 2 saturated heterocycles. The zero-order valence-corrected chi connectivity index (χ0v) is 16.0. The minimum atomic E-state index is -0.489. The van der Waals surface area contributed by atoms with Crippen LogP contribution in [0.4, 0.5) is 0 Å². The van der Waals surface area contributed by atoms with Gasteiger partial charge in [0.1, 0.15) is 6.04 Å². The first-order valence-electron chi connectivity index (χ1n) is 9.31. The van der Waals surface area contributed by atoms with Gasteiger partial charge < -0.3 is 19.8 Å². The Morgan fingerprint density at radius 2 is 1.89 bits per heavy atom. The molecule has 9 nitrogen and oxygen atoms in total. The molecule has 0 spiro atoms. The normalized spacial score (nSPS) is 19.5. The first-order chi connectivity index (χ1) is 13.5. The Hall–Kier alpha value is -2.97. The highest BCUT2D eigenvalue weighted by atomic mass is 16.3. The maximum absolute atomic E-state index is 12.6. The lowest BCUT2D eigenvalue weighted by atomic mass is 10.1. The van der Waals surface area contributed by atoms with Gasteiger partial charge in [0.05, 0.1) is 18.8 Å². The Morgan fingerprint density at radius 1 is 1.18 bits per heavy atom. The number of likely N-dealkylation sites (tertiary alicyclic amines) is 1. The van der Waals surface area contributed by atoms with Crippen LogP contribution >= 0.6 is 0 Å². The molecule has 2 fully saturated rings. The number of aromatic nitrogens is 1. The minimum Gasteiger partial charge on any atom is -0.483 e. The highest BCUT2D eigenvalue weighted by Gasteiger charge is 2.36. The molecule has 1 atom stereocenters. The van der Waals surface area contributed by atoms with Gasteiger partial charge in [-0.3, -0.25) is 24.2 Å². The summed E-state index contributed by atoms with van der Waals surface area (Å²) in [6.45, 7) is 3.94. The van der Waals surface area contributed by atoms with Gasteiger partial charge in [0.25, 0.3) is 6.47 Å². The number of hydrogen-bond acceptors (Lipinski definition) is 5. The summed E-state index contributed by atoms with van der Waals surface area (Å²) in [7, 11) is 0. The van der Waals surface area contributed by atoms with Crippen LogP contribution in [0.25, 0.3) is 0 Å². The second-order valence-electron chi connectivity index (χ2n) is 6.72. The number of carbonyl (C=O) groups is 4. The summed E-state index contributed by atoms with van der Waals surface area (Å²) in [5.41, 5.74) is 0.775. The molecule has 0 radical (unpaired) electrons. The van der Waals surface area contributed by atoms with Gasteiger partial charge in [-0.25, -0.2) is 0 Å². The molecule has 0 aromatic carbocycles. The van der Waals surface area contributed by atoms with E-state index >= 15 is 0 Å². The highest BCUT2D eigenvalue weighted by molar-refractivity contribution is 5.94. The molecule has 3 heterocycles. The number of rotatable bonds is 6. The van der Waals surface area contributed by atoms with Crippen LogP contribution in [0.15, 0.2) is 24.4 Å². The monoisotopic (exact) mass is 390 g/mol. The van der Waals surface area contributed by atoms with Crippen molar-refractivity contribution in [2.24, 2.45) is 0 Å². The number of hydrogen-bond donors (Lipinski definition) is 1. The van der Waals surface area contributed by atoms with Crippen LogP contribution in [-0.2, 0) is 25.7 Å². The van der Waals surface area contributed by atoms with Gasteiger partial charge in [0.15, 0.2) is 0 Å². The maximum atomic E-state index is 12.6. The molecule has 0 unspecified atom stereocenters. The van der Waals surface area contributed by atoms with Crippen LogP contribution in [0.5, 0.6) is 0 Å². The summed E-state index contributed by atoms with van der Waals surface area (Å²) >= 11 is 0. The summed E-state index contributed by atoms with van der Waals surface area (Å²) in [6.07, 6.45) is 3.93. The number of carboxylic acid groups (broad SMARTS) is 1. The van der Waals surface area contributed by atoms with Crippen LogP contribution in [0.1, 0.15) is 31.9 Å². The average Bonchev–Trinajstić information content (AvgIpc) is 3.09. The Morgan fingerprint density at radius 3 is 2.50 bits per heavy atom. The van der Waals surface area contributed by atoms with E-state index in [4.69, 9.17) is 9.90 Å². The van der Waals surface area contributed by atoms with Crippen molar-refractivity contribution in [1.29, 1.82) is 0 Å². The molecule has 152 valence electrons. The van der Waals surface area contributed by atoms with Crippen molar-refractivity contribution < 1.29 is 24.3 Å². The Kier molecular flexibility index (Phi) is 7.91. The fraction of sp³-hybridized carbons (Fsp3) is 0.526. The number of piperazine rings is 1. The number of amides is 3. The second-order valence-corrected chi connectivity index (χ2v) is 6.72. The van der Waals surface area contributed by atoms with E-state index in [-0.39, 0.29) is 30.7 Å². The third-order valence-corrected chi connectivity index (χ3v) is 4.87. The van der Waals surface area contributed by atoms with Gasteiger partial charge in [-0.05, 0) is 31.9 Å². The zero-order valence-electron chi connectivity index (χ0n) is 16.0. The molecule has 2 aliphatic rings. The SMILES string of the molecule is C[C@H]1C(=O)N(CCCN2CCCC2=O)CC(=O)N1Cc1ccccn1.O=CO. The lowest BCUT2D eigenvalue weighted by Crippen LogP contribution is -2.58. The van der Waals surface area contributed by atoms with Crippen LogP contribution in [-0.4, -0.2) is 81.2 Å². The van der Waals surface area contributed by atoms with Gasteiger partial charge in [0, 0.05) is 32.3 Å². The summed E-state index contributed by atoms with van der Waals surface area (Å²) < 4.78 is 0. The molecule has 1 aromatic heterocycles. The summed E-state index contributed by atoms with van der Waals surface area (Å²) in [5, 5.41) is 6.89. The molecule has 1 aromatic rings. The molecular formula is C19H26N4O5. The summed E-state index contributed by atoms with van der Waals surface area (Å²) in [5.74, 6) is 0.0919. The number of carbonyl (C=O) groups excluding carboxylic acids is 3. The lowest BCUT2D eigenvalue weighted by Gasteiger charge is -2.38. The molecular weight excluding hydrogens is 364 g/mol. The molecule has 3 amide bonds. The van der Waals surface area contributed by atoms with Gasteiger partial charge in [-0.2, -0.15) is 0 Å². The maximum Gasteiger partial charge on any atom is 0.290 e. The van der Waals surface area contributed by atoms with E-state index in [2.05, 4.69) is 4.98 Å². The Bertz CT molecular complexity index is 697. The predicted molar refractivity (Wildman–Crippen MR) is 100.0 cm³/mol. The van der Waals surface area contributed by atoms with Crippen molar-refractivity contribution >= 4 is 24.2 Å². The second kappa shape index (κ2) is 10.4. The standard InChI is InChI=1S/C18H24N4O3.CH2O2/c1-14-18(25)21(11-5-10-20-9-4-7-16(20)23)13-17(24)22(14)12-15-6-2-3-8-19-15;2-1-3/h2-3,6,8,14H,4-5,7,9-13H2,1H3;1H,(H,2,3)/t14-;/m0./s1. The topological polar surface area (TPSA) is 111 Å². The molecule has 1 N–H and O–H groups in total. The first-order valence-corrected chi connectivity index (χ1v) is 9.31. The van der Waals surface area contributed by atoms with Gasteiger partial charge >= 0.3 is 0 Å². The molecule has 0 bridgehead atoms. The lowest BCUT2D eigenvalue weighted by molar-refractivity contribution is -0.155. The molecule has 0 aliphatic carbocycles. The van der Waals surface area contributed by atoms with Crippen molar-refractivity contribution in [1.82, 2.24) is 19.7 Å².